The lowest BCUT2D eigenvalue weighted by molar-refractivity contribution is 0.250. The van der Waals surface area contributed by atoms with Gasteiger partial charge < -0.3 is 10.1 Å². The first-order chi connectivity index (χ1) is 10.7. The maximum absolute atomic E-state index is 11.8. The Morgan fingerprint density at radius 3 is 2.68 bits per heavy atom. The second-order valence-electron chi connectivity index (χ2n) is 4.50. The van der Waals surface area contributed by atoms with Crippen LogP contribution in [0.15, 0.2) is 54.6 Å². The zero-order valence-electron chi connectivity index (χ0n) is 11.9. The van der Waals surface area contributed by atoms with Crippen molar-refractivity contribution in [2.24, 2.45) is 0 Å². The number of ether oxygens (including phenoxy) is 1. The van der Waals surface area contributed by atoms with Crippen molar-refractivity contribution in [3.63, 3.8) is 0 Å². The highest BCUT2D eigenvalue weighted by molar-refractivity contribution is 7.82. The van der Waals surface area contributed by atoms with Crippen molar-refractivity contribution in [2.75, 3.05) is 16.7 Å². The molecule has 2 rings (SSSR count). The Kier molecular flexibility index (Phi) is 6.43. The number of halogens is 1. The summed E-state index contributed by atoms with van der Waals surface area (Å²) in [5, 5.41) is 2.65. The Hall–Kier alpha value is -1.85. The SMILES string of the molecule is O=C(NCCCl)N(S)c1cccc(OCc2ccccc2)c1. The van der Waals surface area contributed by atoms with Gasteiger partial charge >= 0.3 is 6.03 Å². The summed E-state index contributed by atoms with van der Waals surface area (Å²) in [5.74, 6) is 1.03. The molecule has 0 fully saturated rings. The van der Waals surface area contributed by atoms with E-state index in [0.717, 1.165) is 5.56 Å². The Balaban J connectivity index is 1.98. The van der Waals surface area contributed by atoms with E-state index < -0.39 is 0 Å². The van der Waals surface area contributed by atoms with Crippen LogP contribution in [0.3, 0.4) is 0 Å². The van der Waals surface area contributed by atoms with Gasteiger partial charge in [-0.1, -0.05) is 49.2 Å². The number of benzene rings is 2. The van der Waals surface area contributed by atoms with E-state index in [9.17, 15) is 4.79 Å². The molecule has 116 valence electrons. The summed E-state index contributed by atoms with van der Waals surface area (Å²) in [6.45, 7) is 0.858. The molecule has 2 aromatic carbocycles. The van der Waals surface area contributed by atoms with Gasteiger partial charge in [0.2, 0.25) is 0 Å². The van der Waals surface area contributed by atoms with Crippen LogP contribution in [0.4, 0.5) is 10.5 Å². The minimum absolute atomic E-state index is 0.329. The van der Waals surface area contributed by atoms with Crippen molar-refractivity contribution in [3.05, 3.63) is 60.2 Å². The van der Waals surface area contributed by atoms with Gasteiger partial charge in [0.25, 0.3) is 0 Å². The fourth-order valence-corrected chi connectivity index (χ4v) is 2.08. The van der Waals surface area contributed by atoms with Gasteiger partial charge in [0.1, 0.15) is 12.4 Å². The quantitative estimate of drug-likeness (QED) is 0.621. The standard InChI is InChI=1S/C16H17ClN2O2S/c17-9-10-18-16(20)19(22)14-7-4-8-15(11-14)21-12-13-5-2-1-3-6-13/h1-8,11,22H,9-10,12H2,(H,18,20). The van der Waals surface area contributed by atoms with Crippen molar-refractivity contribution >= 4 is 36.1 Å². The molecule has 0 spiro atoms. The number of hydrogen-bond donors (Lipinski definition) is 2. The van der Waals surface area contributed by atoms with Crippen LogP contribution < -0.4 is 14.4 Å². The first-order valence-corrected chi connectivity index (χ1v) is 7.74. The highest BCUT2D eigenvalue weighted by atomic mass is 35.5. The molecule has 0 aliphatic carbocycles. The van der Waals surface area contributed by atoms with E-state index >= 15 is 0 Å². The summed E-state index contributed by atoms with van der Waals surface area (Å²) in [5.41, 5.74) is 1.71. The van der Waals surface area contributed by atoms with Crippen LogP contribution >= 0.6 is 24.4 Å². The minimum atomic E-state index is -0.329. The predicted molar refractivity (Wildman–Crippen MR) is 92.8 cm³/mol. The number of nitrogens with one attached hydrogen (secondary N) is 1. The third kappa shape index (κ3) is 4.86. The number of nitrogens with zero attached hydrogens (tertiary/aromatic N) is 1. The normalized spacial score (nSPS) is 10.1. The number of alkyl halides is 1. The van der Waals surface area contributed by atoms with Gasteiger partial charge in [-0.05, 0) is 17.7 Å². The van der Waals surface area contributed by atoms with Crippen LogP contribution in [-0.4, -0.2) is 18.5 Å². The van der Waals surface area contributed by atoms with Crippen LogP contribution in [0.5, 0.6) is 5.75 Å². The van der Waals surface area contributed by atoms with Crippen molar-refractivity contribution < 1.29 is 9.53 Å². The van der Waals surface area contributed by atoms with Gasteiger partial charge in [-0.15, -0.1) is 11.6 Å². The molecule has 0 unspecified atom stereocenters. The number of rotatable bonds is 6. The van der Waals surface area contributed by atoms with E-state index in [1.807, 2.05) is 42.5 Å². The topological polar surface area (TPSA) is 41.6 Å². The van der Waals surface area contributed by atoms with Gasteiger partial charge in [-0.25, -0.2) is 9.10 Å². The lowest BCUT2D eigenvalue weighted by Crippen LogP contribution is -2.35. The summed E-state index contributed by atoms with van der Waals surface area (Å²) in [6, 6.07) is 16.7. The number of carbonyl (C=O) groups excluding carboxylic acids is 1. The second-order valence-corrected chi connectivity index (χ2v) is 5.28. The maximum Gasteiger partial charge on any atom is 0.331 e. The molecule has 0 aliphatic heterocycles. The molecular formula is C16H17ClN2O2S. The van der Waals surface area contributed by atoms with Crippen LogP contribution in [0.2, 0.25) is 0 Å². The van der Waals surface area contributed by atoms with E-state index in [1.165, 1.54) is 4.31 Å². The van der Waals surface area contributed by atoms with E-state index in [-0.39, 0.29) is 6.03 Å². The number of hydrogen-bond acceptors (Lipinski definition) is 3. The molecule has 0 saturated carbocycles. The summed E-state index contributed by atoms with van der Waals surface area (Å²) in [7, 11) is 0. The molecule has 0 aromatic heterocycles. The summed E-state index contributed by atoms with van der Waals surface area (Å²) < 4.78 is 6.95. The Morgan fingerprint density at radius 2 is 1.95 bits per heavy atom. The summed E-state index contributed by atoms with van der Waals surface area (Å²) in [4.78, 5) is 11.8. The molecular weight excluding hydrogens is 320 g/mol. The number of anilines is 1. The third-order valence-electron chi connectivity index (χ3n) is 2.87. The average molecular weight is 337 g/mol. The number of urea groups is 1. The van der Waals surface area contributed by atoms with Crippen molar-refractivity contribution in [1.82, 2.24) is 5.32 Å². The van der Waals surface area contributed by atoms with Gasteiger partial charge in [-0.2, -0.15) is 0 Å². The minimum Gasteiger partial charge on any atom is -0.489 e. The molecule has 0 aliphatic rings. The lowest BCUT2D eigenvalue weighted by atomic mass is 10.2. The predicted octanol–water partition coefficient (Wildman–Crippen LogP) is 3.87. The van der Waals surface area contributed by atoms with Crippen LogP contribution in [0.25, 0.3) is 0 Å². The average Bonchev–Trinajstić information content (AvgIpc) is 2.58. The molecule has 1 N–H and O–H groups in total. The van der Waals surface area contributed by atoms with Crippen LogP contribution in [0.1, 0.15) is 5.56 Å². The molecule has 0 atom stereocenters. The van der Waals surface area contributed by atoms with E-state index in [2.05, 4.69) is 18.1 Å². The Bertz CT molecular complexity index is 610. The fourth-order valence-electron chi connectivity index (χ4n) is 1.79. The second kappa shape index (κ2) is 8.56. The number of amides is 2. The van der Waals surface area contributed by atoms with Gasteiger partial charge in [0.15, 0.2) is 0 Å². The molecule has 0 heterocycles. The number of carbonyl (C=O) groups is 1. The fraction of sp³-hybridized carbons (Fsp3) is 0.188. The Labute approximate surface area is 140 Å². The Morgan fingerprint density at radius 1 is 1.18 bits per heavy atom. The first kappa shape index (κ1) is 16.5. The van der Waals surface area contributed by atoms with Crippen molar-refractivity contribution in [1.29, 1.82) is 0 Å². The molecule has 22 heavy (non-hydrogen) atoms. The largest absolute Gasteiger partial charge is 0.489 e. The van der Waals surface area contributed by atoms with Gasteiger partial charge in [0.05, 0.1) is 5.69 Å². The van der Waals surface area contributed by atoms with E-state index in [0.29, 0.717) is 30.5 Å². The monoisotopic (exact) mass is 336 g/mol. The molecule has 2 amide bonds. The van der Waals surface area contributed by atoms with Crippen LogP contribution in [-0.2, 0) is 6.61 Å². The lowest BCUT2D eigenvalue weighted by Gasteiger charge is -2.17. The first-order valence-electron chi connectivity index (χ1n) is 6.80. The maximum atomic E-state index is 11.8. The molecule has 0 saturated heterocycles. The van der Waals surface area contributed by atoms with Crippen molar-refractivity contribution in [2.45, 2.75) is 6.61 Å². The molecule has 0 radical (unpaired) electrons. The molecule has 4 nitrogen and oxygen atoms in total. The molecule has 2 aromatic rings. The molecule has 6 heteroatoms. The van der Waals surface area contributed by atoms with Crippen molar-refractivity contribution in [3.8, 4) is 5.75 Å². The summed E-state index contributed by atoms with van der Waals surface area (Å²) in [6.07, 6.45) is 0. The van der Waals surface area contributed by atoms with Gasteiger partial charge in [-0.3, -0.25) is 0 Å². The van der Waals surface area contributed by atoms with E-state index in [4.69, 9.17) is 16.3 Å². The van der Waals surface area contributed by atoms with E-state index in [1.54, 1.807) is 12.1 Å². The zero-order chi connectivity index (χ0) is 15.8. The van der Waals surface area contributed by atoms with Gasteiger partial charge in [0, 0.05) is 18.5 Å². The molecule has 0 bridgehead atoms. The highest BCUT2D eigenvalue weighted by Crippen LogP contribution is 2.23. The zero-order valence-corrected chi connectivity index (χ0v) is 13.6. The highest BCUT2D eigenvalue weighted by Gasteiger charge is 2.11. The smallest absolute Gasteiger partial charge is 0.331 e. The third-order valence-corrected chi connectivity index (χ3v) is 3.48. The summed E-state index contributed by atoms with van der Waals surface area (Å²) >= 11 is 9.74. The van der Waals surface area contributed by atoms with Crippen LogP contribution in [0, 0.1) is 0 Å². The number of thiol groups is 1.